The lowest BCUT2D eigenvalue weighted by Gasteiger charge is -2.10. The van der Waals surface area contributed by atoms with Crippen molar-refractivity contribution in [3.63, 3.8) is 0 Å². The number of ether oxygens (including phenoxy) is 1. The summed E-state index contributed by atoms with van der Waals surface area (Å²) in [6, 6.07) is 7.36. The fourth-order valence-corrected chi connectivity index (χ4v) is 2.85. The van der Waals surface area contributed by atoms with Crippen molar-refractivity contribution < 1.29 is 9.53 Å². The number of carbonyl (C=O) groups excluding carboxylic acids is 1. The monoisotopic (exact) mass is 331 g/mol. The van der Waals surface area contributed by atoms with Crippen molar-refractivity contribution in [3.8, 4) is 5.75 Å². The van der Waals surface area contributed by atoms with Gasteiger partial charge in [0.1, 0.15) is 17.1 Å². The van der Waals surface area contributed by atoms with Crippen LogP contribution < -0.4 is 10.1 Å². The van der Waals surface area contributed by atoms with Crippen LogP contribution in [0, 0.1) is 0 Å². The van der Waals surface area contributed by atoms with Crippen molar-refractivity contribution in [2.45, 2.75) is 32.8 Å². The largest absolute Gasteiger partial charge is 0.491 e. The smallest absolute Gasteiger partial charge is 0.234 e. The third kappa shape index (κ3) is 4.04. The van der Waals surface area contributed by atoms with Gasteiger partial charge in [0, 0.05) is 18.5 Å². The van der Waals surface area contributed by atoms with Crippen LogP contribution in [0.2, 0.25) is 0 Å². The molecule has 23 heavy (non-hydrogen) atoms. The number of anilines is 1. The van der Waals surface area contributed by atoms with Crippen LogP contribution in [-0.4, -0.2) is 31.8 Å². The van der Waals surface area contributed by atoms with Crippen LogP contribution in [0.15, 0.2) is 30.6 Å². The molecule has 3 rings (SSSR count). The Morgan fingerprint density at radius 1 is 1.35 bits per heavy atom. The van der Waals surface area contributed by atoms with Crippen molar-refractivity contribution in [3.05, 3.63) is 35.6 Å². The zero-order valence-corrected chi connectivity index (χ0v) is 13.7. The van der Waals surface area contributed by atoms with E-state index in [1.165, 1.54) is 11.3 Å². The Morgan fingerprint density at radius 3 is 2.83 bits per heavy atom. The highest BCUT2D eigenvalue weighted by molar-refractivity contribution is 7.16. The van der Waals surface area contributed by atoms with Crippen molar-refractivity contribution in [1.82, 2.24) is 19.8 Å². The molecule has 0 fully saturated rings. The van der Waals surface area contributed by atoms with Gasteiger partial charge in [-0.15, -0.1) is 10.2 Å². The molecule has 0 atom stereocenters. The van der Waals surface area contributed by atoms with Crippen LogP contribution in [-0.2, 0) is 11.2 Å². The van der Waals surface area contributed by atoms with Crippen LogP contribution in [0.3, 0.4) is 0 Å². The van der Waals surface area contributed by atoms with Gasteiger partial charge in [-0.3, -0.25) is 4.79 Å². The summed E-state index contributed by atoms with van der Waals surface area (Å²) in [5.74, 6) is 0.742. The Bertz CT molecular complexity index is 765. The third-order valence-electron chi connectivity index (χ3n) is 3.00. The van der Waals surface area contributed by atoms with Gasteiger partial charge in [0.25, 0.3) is 0 Å². The highest BCUT2D eigenvalue weighted by atomic mass is 32.1. The van der Waals surface area contributed by atoms with E-state index in [0.717, 1.165) is 21.4 Å². The van der Waals surface area contributed by atoms with E-state index in [1.807, 2.05) is 38.1 Å². The minimum absolute atomic E-state index is 0.0477. The summed E-state index contributed by atoms with van der Waals surface area (Å²) in [6.45, 7) is 3.95. The first-order chi connectivity index (χ1) is 11.1. The molecule has 3 aromatic rings. The Labute approximate surface area is 137 Å². The standard InChI is InChI=1S/C15H17N5O2S/c1-10(2)22-12-5-3-11(4-6-12)17-13(21)7-8-14-19-20-9-16-18-15(20)23-14/h3-6,9-10H,7-8H2,1-2H3,(H,17,21). The molecule has 1 aromatic carbocycles. The summed E-state index contributed by atoms with van der Waals surface area (Å²) in [6.07, 6.45) is 2.63. The lowest BCUT2D eigenvalue weighted by molar-refractivity contribution is -0.116. The van der Waals surface area contributed by atoms with Crippen LogP contribution in [0.25, 0.3) is 4.96 Å². The fraction of sp³-hybridized carbons (Fsp3) is 0.333. The van der Waals surface area contributed by atoms with E-state index in [1.54, 1.807) is 10.8 Å². The first-order valence-corrected chi connectivity index (χ1v) is 8.14. The molecule has 1 N–H and O–H groups in total. The maximum atomic E-state index is 12.0. The van der Waals surface area contributed by atoms with Crippen LogP contribution in [0.5, 0.6) is 5.75 Å². The predicted octanol–water partition coefficient (Wildman–Crippen LogP) is 2.54. The minimum Gasteiger partial charge on any atom is -0.491 e. The highest BCUT2D eigenvalue weighted by Crippen LogP contribution is 2.18. The molecule has 2 heterocycles. The molecular formula is C15H17N5O2S. The summed E-state index contributed by atoms with van der Waals surface area (Å²) in [5.41, 5.74) is 0.754. The van der Waals surface area contributed by atoms with E-state index in [4.69, 9.17) is 4.74 Å². The van der Waals surface area contributed by atoms with Gasteiger partial charge in [0.05, 0.1) is 6.10 Å². The number of fused-ring (bicyclic) bond motifs is 1. The predicted molar refractivity (Wildman–Crippen MR) is 87.8 cm³/mol. The second-order valence-corrected chi connectivity index (χ2v) is 6.33. The number of nitrogens with zero attached hydrogens (tertiary/aromatic N) is 4. The third-order valence-corrected chi connectivity index (χ3v) is 3.98. The minimum atomic E-state index is -0.0477. The molecule has 0 aliphatic rings. The molecule has 0 aliphatic heterocycles. The van der Waals surface area contributed by atoms with Crippen molar-refractivity contribution in [1.29, 1.82) is 0 Å². The number of hydrogen-bond donors (Lipinski definition) is 1. The van der Waals surface area contributed by atoms with Crippen molar-refractivity contribution >= 4 is 27.9 Å². The van der Waals surface area contributed by atoms with Crippen molar-refractivity contribution in [2.75, 3.05) is 5.32 Å². The quantitative estimate of drug-likeness (QED) is 0.750. The first kappa shape index (κ1) is 15.4. The van der Waals surface area contributed by atoms with Gasteiger partial charge in [0.2, 0.25) is 10.9 Å². The number of amides is 1. The molecule has 8 heteroatoms. The second-order valence-electron chi connectivity index (χ2n) is 5.29. The van der Waals surface area contributed by atoms with Gasteiger partial charge in [0.15, 0.2) is 0 Å². The molecule has 120 valence electrons. The number of aryl methyl sites for hydroxylation is 1. The number of nitrogens with one attached hydrogen (secondary N) is 1. The first-order valence-electron chi connectivity index (χ1n) is 7.32. The van der Waals surface area contributed by atoms with E-state index in [2.05, 4.69) is 20.6 Å². The van der Waals surface area contributed by atoms with Gasteiger partial charge >= 0.3 is 0 Å². The van der Waals surface area contributed by atoms with E-state index >= 15 is 0 Å². The van der Waals surface area contributed by atoms with E-state index in [-0.39, 0.29) is 12.0 Å². The Balaban J connectivity index is 1.51. The van der Waals surface area contributed by atoms with E-state index < -0.39 is 0 Å². The molecule has 0 radical (unpaired) electrons. The molecule has 2 aromatic heterocycles. The Hall–Kier alpha value is -2.48. The molecule has 0 spiro atoms. The molecule has 0 bridgehead atoms. The summed E-state index contributed by atoms with van der Waals surface area (Å²) >= 11 is 1.44. The summed E-state index contributed by atoms with van der Waals surface area (Å²) < 4.78 is 7.18. The van der Waals surface area contributed by atoms with Gasteiger partial charge in [-0.2, -0.15) is 9.61 Å². The van der Waals surface area contributed by atoms with E-state index in [9.17, 15) is 4.79 Å². The summed E-state index contributed by atoms with van der Waals surface area (Å²) in [5, 5.41) is 15.7. The topological polar surface area (TPSA) is 81.4 Å². The maximum absolute atomic E-state index is 12.0. The van der Waals surface area contributed by atoms with Crippen LogP contribution in [0.4, 0.5) is 5.69 Å². The zero-order chi connectivity index (χ0) is 16.2. The number of hydrogen-bond acceptors (Lipinski definition) is 6. The fourth-order valence-electron chi connectivity index (χ4n) is 2.04. The Morgan fingerprint density at radius 2 is 2.13 bits per heavy atom. The molecule has 1 amide bonds. The van der Waals surface area contributed by atoms with Crippen molar-refractivity contribution in [2.24, 2.45) is 0 Å². The lowest BCUT2D eigenvalue weighted by Crippen LogP contribution is -2.12. The van der Waals surface area contributed by atoms with Gasteiger partial charge < -0.3 is 10.1 Å². The van der Waals surface area contributed by atoms with Gasteiger partial charge in [-0.05, 0) is 38.1 Å². The number of rotatable bonds is 6. The Kier molecular flexibility index (Phi) is 4.52. The maximum Gasteiger partial charge on any atom is 0.234 e. The second kappa shape index (κ2) is 6.74. The molecule has 7 nitrogen and oxygen atoms in total. The number of benzene rings is 1. The lowest BCUT2D eigenvalue weighted by atomic mass is 10.2. The SMILES string of the molecule is CC(C)Oc1ccc(NC(=O)CCc2nn3cnnc3s2)cc1. The summed E-state index contributed by atoms with van der Waals surface area (Å²) in [4.78, 5) is 12.7. The van der Waals surface area contributed by atoms with Crippen LogP contribution >= 0.6 is 11.3 Å². The molecule has 0 saturated heterocycles. The molecule has 0 saturated carbocycles. The molecule has 0 aliphatic carbocycles. The van der Waals surface area contributed by atoms with Gasteiger partial charge in [-0.1, -0.05) is 11.3 Å². The molecule has 0 unspecified atom stereocenters. The number of aromatic nitrogens is 4. The highest BCUT2D eigenvalue weighted by Gasteiger charge is 2.09. The summed E-state index contributed by atoms with van der Waals surface area (Å²) in [7, 11) is 0. The average molecular weight is 331 g/mol. The number of carbonyl (C=O) groups is 1. The zero-order valence-electron chi connectivity index (χ0n) is 12.9. The van der Waals surface area contributed by atoms with Crippen LogP contribution in [0.1, 0.15) is 25.3 Å². The average Bonchev–Trinajstić information content (AvgIpc) is 3.08. The molecular weight excluding hydrogens is 314 g/mol. The van der Waals surface area contributed by atoms with Gasteiger partial charge in [-0.25, -0.2) is 0 Å². The normalized spacial score (nSPS) is 11.1. The van der Waals surface area contributed by atoms with E-state index in [0.29, 0.717) is 12.8 Å².